The molecular weight excluding hydrogens is 337 g/mol. The molecule has 0 bridgehead atoms. The predicted octanol–water partition coefficient (Wildman–Crippen LogP) is 4.50. The first-order valence-corrected chi connectivity index (χ1v) is 7.14. The van der Waals surface area contributed by atoms with Gasteiger partial charge in [0.2, 0.25) is 0 Å². The number of benzene rings is 1. The zero-order valence-corrected chi connectivity index (χ0v) is 12.6. The third-order valence-electron chi connectivity index (χ3n) is 2.32. The van der Waals surface area contributed by atoms with E-state index < -0.39 is 0 Å². The van der Waals surface area contributed by atoms with Crippen LogP contribution in [0.15, 0.2) is 32.9 Å². The molecule has 0 aliphatic heterocycles. The summed E-state index contributed by atoms with van der Waals surface area (Å²) in [7, 11) is 0. The summed E-state index contributed by atoms with van der Waals surface area (Å²) < 4.78 is 13.6. The van der Waals surface area contributed by atoms with Crippen LogP contribution in [0.5, 0.6) is 0 Å². The van der Waals surface area contributed by atoms with E-state index in [-0.39, 0.29) is 11.7 Å². The summed E-state index contributed by atoms with van der Waals surface area (Å²) in [6.07, 6.45) is 0. The molecule has 1 aromatic heterocycles. The summed E-state index contributed by atoms with van der Waals surface area (Å²) in [5, 5.41) is 4.53. The highest BCUT2D eigenvalue weighted by molar-refractivity contribution is 9.10. The molecule has 0 fully saturated rings. The highest BCUT2D eigenvalue weighted by Crippen LogP contribution is 2.25. The second-order valence-corrected chi connectivity index (χ2v) is 5.99. The van der Waals surface area contributed by atoms with Gasteiger partial charge in [0.25, 0.3) is 5.91 Å². The second kappa shape index (κ2) is 5.42. The number of aryl methyl sites for hydroxylation is 1. The van der Waals surface area contributed by atoms with Gasteiger partial charge in [-0.15, -0.1) is 24.0 Å². The molecule has 2 nitrogen and oxygen atoms in total. The van der Waals surface area contributed by atoms with Crippen LogP contribution in [0.4, 0.5) is 10.1 Å². The largest absolute Gasteiger partial charge is 0.321 e. The Morgan fingerprint density at radius 1 is 1.44 bits per heavy atom. The molecule has 1 heterocycles. The van der Waals surface area contributed by atoms with Crippen LogP contribution in [0.1, 0.15) is 15.2 Å². The summed E-state index contributed by atoms with van der Waals surface area (Å²) in [5.41, 5.74) is 1.26. The van der Waals surface area contributed by atoms with Crippen molar-refractivity contribution in [2.45, 2.75) is 11.8 Å². The van der Waals surface area contributed by atoms with Crippen molar-refractivity contribution in [3.05, 3.63) is 44.3 Å². The van der Waals surface area contributed by atoms with Gasteiger partial charge in [-0.1, -0.05) is 0 Å². The number of hydrogen-bond acceptors (Lipinski definition) is 3. The van der Waals surface area contributed by atoms with Crippen molar-refractivity contribution in [1.29, 1.82) is 0 Å². The highest BCUT2D eigenvalue weighted by Gasteiger charge is 2.11. The van der Waals surface area contributed by atoms with Gasteiger partial charge in [-0.25, -0.2) is 4.39 Å². The van der Waals surface area contributed by atoms with E-state index >= 15 is 0 Å². The number of amides is 1. The van der Waals surface area contributed by atoms with E-state index in [1.807, 2.05) is 0 Å². The molecule has 1 N–H and O–H groups in total. The van der Waals surface area contributed by atoms with E-state index in [1.54, 1.807) is 24.4 Å². The zero-order chi connectivity index (χ0) is 13.3. The molecular formula is C12H9BrFNOS2. The van der Waals surface area contributed by atoms with Crippen molar-refractivity contribution in [2.24, 2.45) is 0 Å². The summed E-state index contributed by atoms with van der Waals surface area (Å²) in [5.74, 6) is -0.568. The van der Waals surface area contributed by atoms with Gasteiger partial charge >= 0.3 is 0 Å². The van der Waals surface area contributed by atoms with Crippen LogP contribution in [-0.2, 0) is 0 Å². The smallest absolute Gasteiger partial charge is 0.265 e. The van der Waals surface area contributed by atoms with Crippen molar-refractivity contribution in [1.82, 2.24) is 0 Å². The van der Waals surface area contributed by atoms with Gasteiger partial charge in [0.15, 0.2) is 0 Å². The molecule has 0 aliphatic carbocycles. The number of halogens is 2. The predicted molar refractivity (Wildman–Crippen MR) is 78.4 cm³/mol. The topological polar surface area (TPSA) is 29.1 Å². The number of thiophene rings is 1. The maximum Gasteiger partial charge on any atom is 0.265 e. The molecule has 1 aromatic carbocycles. The molecule has 2 rings (SSSR count). The molecule has 1 amide bonds. The Morgan fingerprint density at radius 2 is 2.17 bits per heavy atom. The molecule has 0 unspecified atom stereocenters. The fraction of sp³-hybridized carbons (Fsp3) is 0.0833. The molecule has 0 aliphatic rings. The van der Waals surface area contributed by atoms with E-state index in [2.05, 4.69) is 33.9 Å². The maximum atomic E-state index is 13.3. The molecule has 0 saturated heterocycles. The summed E-state index contributed by atoms with van der Waals surface area (Å²) >= 11 is 8.56. The van der Waals surface area contributed by atoms with Gasteiger partial charge in [-0.05, 0) is 46.6 Å². The van der Waals surface area contributed by atoms with Gasteiger partial charge in [0, 0.05) is 16.0 Å². The Hall–Kier alpha value is -0.850. The molecule has 94 valence electrons. The Labute approximate surface area is 122 Å². The van der Waals surface area contributed by atoms with E-state index in [0.29, 0.717) is 20.6 Å². The first-order valence-electron chi connectivity index (χ1n) is 5.02. The van der Waals surface area contributed by atoms with E-state index in [9.17, 15) is 9.18 Å². The van der Waals surface area contributed by atoms with Crippen LogP contribution in [0, 0.1) is 12.7 Å². The summed E-state index contributed by atoms with van der Waals surface area (Å²) in [6, 6.07) is 4.62. The Balaban J connectivity index is 2.24. The van der Waals surface area contributed by atoms with E-state index in [1.165, 1.54) is 17.4 Å². The minimum atomic E-state index is -0.348. The Kier molecular flexibility index (Phi) is 4.09. The molecule has 0 atom stereocenters. The monoisotopic (exact) mass is 345 g/mol. The van der Waals surface area contributed by atoms with Crippen molar-refractivity contribution >= 4 is 51.5 Å². The standard InChI is InChI=1S/C12H9BrFNOS2/c1-6-2-9(14)8(13)4-10(6)15-12(16)11-3-7(17)5-18-11/h2-5,17H,1H3,(H,15,16). The number of hydrogen-bond donors (Lipinski definition) is 2. The van der Waals surface area contributed by atoms with Crippen molar-refractivity contribution in [3.63, 3.8) is 0 Å². The number of carbonyl (C=O) groups excluding carboxylic acids is 1. The fourth-order valence-electron chi connectivity index (χ4n) is 1.41. The number of rotatable bonds is 2. The average Bonchev–Trinajstić information content (AvgIpc) is 2.73. The molecule has 6 heteroatoms. The van der Waals surface area contributed by atoms with Gasteiger partial charge < -0.3 is 5.32 Å². The van der Waals surface area contributed by atoms with Gasteiger partial charge in [-0.2, -0.15) is 0 Å². The lowest BCUT2D eigenvalue weighted by Gasteiger charge is -2.08. The molecule has 0 saturated carbocycles. The summed E-state index contributed by atoms with van der Waals surface area (Å²) in [4.78, 5) is 13.3. The SMILES string of the molecule is Cc1cc(F)c(Br)cc1NC(=O)c1cc(S)cs1. The lowest BCUT2D eigenvalue weighted by atomic mass is 10.2. The average molecular weight is 346 g/mol. The van der Waals surface area contributed by atoms with Crippen LogP contribution in [-0.4, -0.2) is 5.91 Å². The first-order chi connectivity index (χ1) is 8.47. The van der Waals surface area contributed by atoms with Crippen molar-refractivity contribution in [3.8, 4) is 0 Å². The zero-order valence-electron chi connectivity index (χ0n) is 9.33. The van der Waals surface area contributed by atoms with Crippen molar-refractivity contribution < 1.29 is 9.18 Å². The Bertz CT molecular complexity index is 612. The number of nitrogens with one attached hydrogen (secondary N) is 1. The third kappa shape index (κ3) is 2.93. The molecule has 2 aromatic rings. The van der Waals surface area contributed by atoms with Crippen LogP contribution in [0.25, 0.3) is 0 Å². The number of carbonyl (C=O) groups is 1. The minimum absolute atomic E-state index is 0.220. The molecule has 18 heavy (non-hydrogen) atoms. The van der Waals surface area contributed by atoms with Crippen molar-refractivity contribution in [2.75, 3.05) is 5.32 Å². The first kappa shape index (κ1) is 13.6. The third-order valence-corrected chi connectivity index (χ3v) is 4.29. The van der Waals surface area contributed by atoms with E-state index in [0.717, 1.165) is 4.90 Å². The van der Waals surface area contributed by atoms with E-state index in [4.69, 9.17) is 0 Å². The highest BCUT2D eigenvalue weighted by atomic mass is 79.9. The normalized spacial score (nSPS) is 10.4. The van der Waals surface area contributed by atoms with Crippen LogP contribution < -0.4 is 5.32 Å². The fourth-order valence-corrected chi connectivity index (χ4v) is 2.80. The van der Waals surface area contributed by atoms with Crippen LogP contribution >= 0.6 is 39.9 Å². The Morgan fingerprint density at radius 3 is 2.78 bits per heavy atom. The van der Waals surface area contributed by atoms with Crippen LogP contribution in [0.2, 0.25) is 0 Å². The van der Waals surface area contributed by atoms with Gasteiger partial charge in [0.05, 0.1) is 9.35 Å². The summed E-state index contributed by atoms with van der Waals surface area (Å²) in [6.45, 7) is 1.74. The lowest BCUT2D eigenvalue weighted by molar-refractivity contribution is 0.103. The second-order valence-electron chi connectivity index (χ2n) is 3.70. The minimum Gasteiger partial charge on any atom is -0.321 e. The molecule has 0 radical (unpaired) electrons. The number of anilines is 1. The maximum absolute atomic E-state index is 13.3. The quantitative estimate of drug-likeness (QED) is 0.771. The van der Waals surface area contributed by atoms with Gasteiger partial charge in [-0.3, -0.25) is 4.79 Å². The van der Waals surface area contributed by atoms with Crippen LogP contribution in [0.3, 0.4) is 0 Å². The van der Waals surface area contributed by atoms with Gasteiger partial charge in [0.1, 0.15) is 5.82 Å². The number of thiol groups is 1. The lowest BCUT2D eigenvalue weighted by Crippen LogP contribution is -2.11. The molecule has 0 spiro atoms.